The first-order valence-electron chi connectivity index (χ1n) is 5.52. The largest absolute Gasteiger partial charge is 0.381 e. The van der Waals surface area contributed by atoms with E-state index in [2.05, 4.69) is 11.5 Å². The van der Waals surface area contributed by atoms with Crippen molar-refractivity contribution in [1.82, 2.24) is 5.48 Å². The number of carbonyl (C=O) groups is 1. The molecule has 0 aromatic carbocycles. The van der Waals surface area contributed by atoms with Crippen LogP contribution in [-0.4, -0.2) is 25.7 Å². The van der Waals surface area contributed by atoms with Crippen LogP contribution in [0.15, 0.2) is 0 Å². The van der Waals surface area contributed by atoms with Crippen LogP contribution in [0.2, 0.25) is 0 Å². The second-order valence-electron chi connectivity index (χ2n) is 4.44. The van der Waals surface area contributed by atoms with Gasteiger partial charge in [0.1, 0.15) is 5.41 Å². The lowest BCUT2D eigenvalue weighted by atomic mass is 9.81. The van der Waals surface area contributed by atoms with Crippen LogP contribution in [0.25, 0.3) is 0 Å². The Morgan fingerprint density at radius 2 is 2.19 bits per heavy atom. The third-order valence-corrected chi connectivity index (χ3v) is 2.58. The highest BCUT2D eigenvalue weighted by Crippen LogP contribution is 2.29. The summed E-state index contributed by atoms with van der Waals surface area (Å²) in [6.07, 6.45) is 0.862. The van der Waals surface area contributed by atoms with Crippen LogP contribution in [0, 0.1) is 22.7 Å². The molecule has 16 heavy (non-hydrogen) atoms. The van der Waals surface area contributed by atoms with Crippen molar-refractivity contribution in [3.05, 3.63) is 0 Å². The van der Waals surface area contributed by atoms with Crippen molar-refractivity contribution in [3.63, 3.8) is 0 Å². The summed E-state index contributed by atoms with van der Waals surface area (Å²) in [7, 11) is 0. The van der Waals surface area contributed by atoms with E-state index in [4.69, 9.17) is 14.8 Å². The molecule has 0 bridgehead atoms. The van der Waals surface area contributed by atoms with E-state index in [1.54, 1.807) is 0 Å². The van der Waals surface area contributed by atoms with Crippen LogP contribution in [0.3, 0.4) is 0 Å². The number of nitrogens with one attached hydrogen (secondary N) is 1. The van der Waals surface area contributed by atoms with E-state index in [1.807, 2.05) is 13.8 Å². The predicted octanol–water partition coefficient (Wildman–Crippen LogP) is 1.01. The molecule has 0 spiro atoms. The molecule has 1 aliphatic heterocycles. The molecule has 0 aromatic heterocycles. The van der Waals surface area contributed by atoms with E-state index >= 15 is 0 Å². The van der Waals surface area contributed by atoms with E-state index in [9.17, 15) is 4.79 Å². The van der Waals surface area contributed by atoms with E-state index in [0.29, 0.717) is 38.6 Å². The molecule has 0 atom stereocenters. The molecule has 0 unspecified atom stereocenters. The fraction of sp³-hybridized carbons (Fsp3) is 0.818. The molecule has 1 N–H and O–H groups in total. The quantitative estimate of drug-likeness (QED) is 0.726. The van der Waals surface area contributed by atoms with Crippen molar-refractivity contribution in [2.24, 2.45) is 11.3 Å². The summed E-state index contributed by atoms with van der Waals surface area (Å²) in [6.45, 7) is 5.32. The highest BCUT2D eigenvalue weighted by molar-refractivity contribution is 5.84. The topological polar surface area (TPSA) is 71.3 Å². The fourth-order valence-electron chi connectivity index (χ4n) is 1.48. The molecule has 1 amide bonds. The lowest BCUT2D eigenvalue weighted by Gasteiger charge is -2.28. The van der Waals surface area contributed by atoms with Crippen molar-refractivity contribution >= 4 is 5.91 Å². The van der Waals surface area contributed by atoms with Gasteiger partial charge in [0.25, 0.3) is 5.91 Å². The maximum absolute atomic E-state index is 11.8. The Balaban J connectivity index is 2.46. The summed E-state index contributed by atoms with van der Waals surface area (Å²) in [5, 5.41) is 9.10. The van der Waals surface area contributed by atoms with Gasteiger partial charge in [-0.3, -0.25) is 9.63 Å². The first-order valence-corrected chi connectivity index (χ1v) is 5.52. The Kier molecular flexibility index (Phi) is 4.71. The van der Waals surface area contributed by atoms with Gasteiger partial charge in [-0.2, -0.15) is 5.26 Å². The van der Waals surface area contributed by atoms with Crippen molar-refractivity contribution in [2.75, 3.05) is 19.8 Å². The number of hydrogen-bond donors (Lipinski definition) is 1. The zero-order valence-electron chi connectivity index (χ0n) is 9.78. The summed E-state index contributed by atoms with van der Waals surface area (Å²) < 4.78 is 5.15. The zero-order valence-corrected chi connectivity index (χ0v) is 9.78. The van der Waals surface area contributed by atoms with Crippen molar-refractivity contribution in [3.8, 4) is 6.07 Å². The van der Waals surface area contributed by atoms with Gasteiger partial charge in [-0.25, -0.2) is 5.48 Å². The SMILES string of the molecule is CC(C)CONC(=O)C1(C#N)CCOCC1. The van der Waals surface area contributed by atoms with E-state index in [1.165, 1.54) is 0 Å². The molecule has 0 aromatic rings. The molecule has 0 aliphatic carbocycles. The third kappa shape index (κ3) is 3.19. The van der Waals surface area contributed by atoms with Gasteiger partial charge in [0, 0.05) is 13.2 Å². The average Bonchev–Trinajstić information content (AvgIpc) is 2.29. The number of amides is 1. The number of carbonyl (C=O) groups excluding carboxylic acids is 1. The van der Waals surface area contributed by atoms with E-state index in [-0.39, 0.29) is 5.91 Å². The summed E-state index contributed by atoms with van der Waals surface area (Å²) in [5.74, 6) is -0.00743. The van der Waals surface area contributed by atoms with Gasteiger partial charge in [-0.05, 0) is 18.8 Å². The number of ether oxygens (including phenoxy) is 1. The first kappa shape index (κ1) is 12.9. The molecule has 90 valence electrons. The van der Waals surface area contributed by atoms with Gasteiger partial charge in [-0.1, -0.05) is 13.8 Å². The third-order valence-electron chi connectivity index (χ3n) is 2.58. The highest BCUT2D eigenvalue weighted by Gasteiger charge is 2.40. The Morgan fingerprint density at radius 3 is 2.69 bits per heavy atom. The maximum Gasteiger partial charge on any atom is 0.264 e. The van der Waals surface area contributed by atoms with Crippen LogP contribution in [-0.2, 0) is 14.4 Å². The highest BCUT2D eigenvalue weighted by atomic mass is 16.7. The Labute approximate surface area is 95.7 Å². The molecular formula is C11H18N2O3. The van der Waals surface area contributed by atoms with Crippen molar-refractivity contribution in [2.45, 2.75) is 26.7 Å². The lowest BCUT2D eigenvalue weighted by molar-refractivity contribution is -0.146. The minimum Gasteiger partial charge on any atom is -0.381 e. The summed E-state index contributed by atoms with van der Waals surface area (Å²) >= 11 is 0. The molecule has 5 nitrogen and oxygen atoms in total. The maximum atomic E-state index is 11.8. The summed E-state index contributed by atoms with van der Waals surface area (Å²) in [5.41, 5.74) is 1.38. The molecule has 0 saturated carbocycles. The minimum atomic E-state index is -0.977. The molecule has 1 saturated heterocycles. The number of rotatable bonds is 4. The van der Waals surface area contributed by atoms with Gasteiger partial charge in [0.2, 0.25) is 0 Å². The summed E-state index contributed by atoms with van der Waals surface area (Å²) in [6, 6.07) is 2.08. The van der Waals surface area contributed by atoms with Gasteiger partial charge in [-0.15, -0.1) is 0 Å². The van der Waals surface area contributed by atoms with Crippen molar-refractivity contribution in [1.29, 1.82) is 5.26 Å². The van der Waals surface area contributed by atoms with Crippen LogP contribution < -0.4 is 5.48 Å². The monoisotopic (exact) mass is 226 g/mol. The number of nitrogens with zero attached hydrogens (tertiary/aromatic N) is 1. The number of hydrogen-bond acceptors (Lipinski definition) is 4. The molecule has 0 radical (unpaired) electrons. The normalized spacial score (nSPS) is 19.1. The Bertz CT molecular complexity index is 277. The van der Waals surface area contributed by atoms with Crippen LogP contribution in [0.1, 0.15) is 26.7 Å². The Hall–Kier alpha value is -1.12. The molecule has 5 heteroatoms. The standard InChI is InChI=1S/C11H18N2O3/c1-9(2)7-16-13-10(14)11(8-12)3-5-15-6-4-11/h9H,3-7H2,1-2H3,(H,13,14). The predicted molar refractivity (Wildman–Crippen MR) is 57.0 cm³/mol. The summed E-state index contributed by atoms with van der Waals surface area (Å²) in [4.78, 5) is 16.9. The van der Waals surface area contributed by atoms with Crippen LogP contribution in [0.4, 0.5) is 0 Å². The Morgan fingerprint density at radius 1 is 1.56 bits per heavy atom. The molecule has 1 rings (SSSR count). The van der Waals surface area contributed by atoms with Gasteiger partial charge in [0.15, 0.2) is 0 Å². The molecule has 1 fully saturated rings. The van der Waals surface area contributed by atoms with Gasteiger partial charge in [0.05, 0.1) is 12.7 Å². The van der Waals surface area contributed by atoms with Gasteiger partial charge >= 0.3 is 0 Å². The molecular weight excluding hydrogens is 208 g/mol. The minimum absolute atomic E-state index is 0.341. The zero-order chi connectivity index (χ0) is 12.0. The van der Waals surface area contributed by atoms with E-state index in [0.717, 1.165) is 0 Å². The lowest BCUT2D eigenvalue weighted by Crippen LogP contribution is -2.44. The number of hydroxylamine groups is 1. The van der Waals surface area contributed by atoms with Gasteiger partial charge < -0.3 is 4.74 Å². The number of nitriles is 1. The van der Waals surface area contributed by atoms with Crippen LogP contribution >= 0.6 is 0 Å². The smallest absolute Gasteiger partial charge is 0.264 e. The fourth-order valence-corrected chi connectivity index (χ4v) is 1.48. The second-order valence-corrected chi connectivity index (χ2v) is 4.44. The van der Waals surface area contributed by atoms with Crippen molar-refractivity contribution < 1.29 is 14.4 Å². The first-order chi connectivity index (χ1) is 7.60. The molecule has 1 aliphatic rings. The second kappa shape index (κ2) is 5.83. The average molecular weight is 226 g/mol. The molecule has 1 heterocycles. The van der Waals surface area contributed by atoms with Crippen LogP contribution in [0.5, 0.6) is 0 Å². The van der Waals surface area contributed by atoms with E-state index < -0.39 is 5.41 Å².